The number of Topliss-reactive ketones (excluding diaryl/α,β-unsaturated/α-hetero) is 1. The number of hydrogen-bond donors (Lipinski definition) is 4. The minimum Gasteiger partial charge on any atom is -0.394 e. The van der Waals surface area contributed by atoms with Gasteiger partial charge in [-0.25, -0.2) is 0 Å². The molecule has 0 saturated carbocycles. The van der Waals surface area contributed by atoms with Crippen LogP contribution in [0.1, 0.15) is 0 Å². The number of thiocarbonyl (C=S) groups is 1. The van der Waals surface area contributed by atoms with Crippen LogP contribution in [0.2, 0.25) is 0 Å². The summed E-state index contributed by atoms with van der Waals surface area (Å²) in [6, 6.07) is 0. The Kier molecular flexibility index (Phi) is 5.11. The van der Waals surface area contributed by atoms with Gasteiger partial charge in [-0.05, 0) is 0 Å². The zero-order valence-electron chi connectivity index (χ0n) is 6.12. The third-order valence-corrected chi connectivity index (χ3v) is 1.54. The maximum atomic E-state index is 10.6. The van der Waals surface area contributed by atoms with E-state index in [-0.39, 0.29) is 0 Å². The van der Waals surface area contributed by atoms with E-state index in [9.17, 15) is 4.79 Å². The predicted molar refractivity (Wildman–Crippen MR) is 43.8 cm³/mol. The monoisotopic (exact) mass is 194 g/mol. The van der Waals surface area contributed by atoms with Gasteiger partial charge in [-0.3, -0.25) is 4.79 Å². The number of carbonyl (C=O) groups is 1. The molecule has 70 valence electrons. The maximum absolute atomic E-state index is 10.6. The molecule has 0 saturated heterocycles. The fourth-order valence-electron chi connectivity index (χ4n) is 0.556. The molecule has 0 radical (unpaired) electrons. The van der Waals surface area contributed by atoms with Crippen LogP contribution in [-0.2, 0) is 4.79 Å². The molecule has 3 atom stereocenters. The minimum absolute atomic E-state index is 0.665. The molecule has 0 aliphatic rings. The summed E-state index contributed by atoms with van der Waals surface area (Å²) in [5.74, 6) is -0.870. The van der Waals surface area contributed by atoms with Gasteiger partial charge in [0.25, 0.3) is 0 Å². The second-order valence-electron chi connectivity index (χ2n) is 2.21. The standard InChI is InChI=1S/C6H10O5S/c7-1-3(8)5(10)6(11)4(9)2-12/h2-3,5-8,10-11H,1H2/t3-,5-,6+/m1/s1. The number of ketones is 1. The van der Waals surface area contributed by atoms with Crippen LogP contribution in [0.5, 0.6) is 0 Å². The summed E-state index contributed by atoms with van der Waals surface area (Å²) in [6.45, 7) is -0.733. The lowest BCUT2D eigenvalue weighted by molar-refractivity contribution is -0.132. The Bertz CT molecular complexity index is 171. The molecular weight excluding hydrogens is 184 g/mol. The number of aliphatic hydroxyl groups is 4. The van der Waals surface area contributed by atoms with Crippen LogP contribution in [0.15, 0.2) is 0 Å². The van der Waals surface area contributed by atoms with E-state index < -0.39 is 30.7 Å². The second-order valence-corrected chi connectivity index (χ2v) is 2.44. The molecule has 0 rings (SSSR count). The molecule has 0 amide bonds. The van der Waals surface area contributed by atoms with Gasteiger partial charge in [0.1, 0.15) is 18.3 Å². The molecule has 0 spiro atoms. The summed E-state index contributed by atoms with van der Waals surface area (Å²) in [7, 11) is 0. The minimum atomic E-state index is -1.77. The molecule has 0 aromatic heterocycles. The van der Waals surface area contributed by atoms with Crippen LogP contribution in [0.3, 0.4) is 0 Å². The quantitative estimate of drug-likeness (QED) is 0.365. The molecule has 0 aliphatic carbocycles. The highest BCUT2D eigenvalue weighted by molar-refractivity contribution is 7.80. The maximum Gasteiger partial charge on any atom is 0.197 e. The summed E-state index contributed by atoms with van der Waals surface area (Å²) in [5, 5.41) is 35.6. The van der Waals surface area contributed by atoms with Gasteiger partial charge in [0.15, 0.2) is 5.78 Å². The van der Waals surface area contributed by atoms with Gasteiger partial charge >= 0.3 is 0 Å². The molecule has 0 bridgehead atoms. The summed E-state index contributed by atoms with van der Waals surface area (Å²) >= 11 is 4.20. The van der Waals surface area contributed by atoms with Crippen molar-refractivity contribution in [1.82, 2.24) is 0 Å². The SMILES string of the molecule is O=C(C=S)[C@H](O)[C@H](O)[C@H](O)CO. The summed E-state index contributed by atoms with van der Waals surface area (Å²) in [4.78, 5) is 10.6. The van der Waals surface area contributed by atoms with Gasteiger partial charge in [-0.2, -0.15) is 0 Å². The lowest BCUT2D eigenvalue weighted by Gasteiger charge is -2.18. The van der Waals surface area contributed by atoms with E-state index in [4.69, 9.17) is 20.4 Å². The normalized spacial score (nSPS) is 18.0. The first-order valence-electron chi connectivity index (χ1n) is 3.18. The van der Waals surface area contributed by atoms with E-state index in [0.717, 1.165) is 0 Å². The summed E-state index contributed by atoms with van der Waals surface area (Å²) in [6.07, 6.45) is -5.02. The fourth-order valence-corrected chi connectivity index (χ4v) is 0.696. The topological polar surface area (TPSA) is 98.0 Å². The smallest absolute Gasteiger partial charge is 0.197 e. The molecule has 0 aromatic rings. The van der Waals surface area contributed by atoms with Crippen LogP contribution in [0, 0.1) is 0 Å². The molecule has 12 heavy (non-hydrogen) atoms. The van der Waals surface area contributed by atoms with E-state index in [2.05, 4.69) is 12.2 Å². The van der Waals surface area contributed by atoms with E-state index in [1.54, 1.807) is 0 Å². The lowest BCUT2D eigenvalue weighted by Crippen LogP contribution is -2.44. The van der Waals surface area contributed by atoms with Crippen molar-refractivity contribution in [2.75, 3.05) is 6.61 Å². The Labute approximate surface area is 74.3 Å². The van der Waals surface area contributed by atoms with E-state index in [1.165, 1.54) is 0 Å². The highest BCUT2D eigenvalue weighted by Gasteiger charge is 2.28. The molecule has 0 aliphatic heterocycles. The van der Waals surface area contributed by atoms with E-state index in [0.29, 0.717) is 5.37 Å². The second kappa shape index (κ2) is 5.28. The predicted octanol–water partition coefficient (Wildman–Crippen LogP) is -2.37. The lowest BCUT2D eigenvalue weighted by atomic mass is 10.1. The third kappa shape index (κ3) is 2.92. The van der Waals surface area contributed by atoms with Gasteiger partial charge in [-0.15, -0.1) is 0 Å². The van der Waals surface area contributed by atoms with Crippen molar-refractivity contribution >= 4 is 23.4 Å². The van der Waals surface area contributed by atoms with Crippen LogP contribution in [-0.4, -0.2) is 56.5 Å². The number of aliphatic hydroxyl groups excluding tert-OH is 4. The van der Waals surface area contributed by atoms with Crippen LogP contribution in [0.4, 0.5) is 0 Å². The molecule has 0 heterocycles. The van der Waals surface area contributed by atoms with Crippen molar-refractivity contribution in [1.29, 1.82) is 0 Å². The van der Waals surface area contributed by atoms with Gasteiger partial charge in [0.05, 0.1) is 6.61 Å². The van der Waals surface area contributed by atoms with Crippen LogP contribution < -0.4 is 0 Å². The largest absolute Gasteiger partial charge is 0.394 e. The van der Waals surface area contributed by atoms with Crippen molar-refractivity contribution in [3.05, 3.63) is 0 Å². The summed E-state index contributed by atoms with van der Waals surface area (Å²) in [5.41, 5.74) is 0. The third-order valence-electron chi connectivity index (χ3n) is 1.31. The molecule has 0 unspecified atom stereocenters. The van der Waals surface area contributed by atoms with Crippen molar-refractivity contribution < 1.29 is 25.2 Å². The first-order valence-corrected chi connectivity index (χ1v) is 3.65. The Morgan fingerprint density at radius 3 is 2.25 bits per heavy atom. The fraction of sp³-hybridized carbons (Fsp3) is 0.667. The van der Waals surface area contributed by atoms with Crippen molar-refractivity contribution in [2.45, 2.75) is 18.3 Å². The molecule has 0 fully saturated rings. The number of rotatable bonds is 5. The number of carbonyl (C=O) groups excluding carboxylic acids is 1. The first-order chi connectivity index (χ1) is 5.54. The van der Waals surface area contributed by atoms with Gasteiger partial charge in [0.2, 0.25) is 0 Å². The average molecular weight is 194 g/mol. The van der Waals surface area contributed by atoms with Gasteiger partial charge in [-0.1, -0.05) is 12.2 Å². The van der Waals surface area contributed by atoms with Crippen molar-refractivity contribution in [3.8, 4) is 0 Å². The Morgan fingerprint density at radius 2 is 1.92 bits per heavy atom. The zero-order chi connectivity index (χ0) is 9.72. The molecule has 4 N–H and O–H groups in total. The Morgan fingerprint density at radius 1 is 1.42 bits per heavy atom. The molecule has 6 heteroatoms. The zero-order valence-corrected chi connectivity index (χ0v) is 6.94. The Hall–Kier alpha value is -0.400. The number of hydrogen-bond acceptors (Lipinski definition) is 6. The van der Waals surface area contributed by atoms with Crippen LogP contribution >= 0.6 is 12.2 Å². The molecule has 0 aromatic carbocycles. The van der Waals surface area contributed by atoms with Crippen LogP contribution in [0.25, 0.3) is 0 Å². The van der Waals surface area contributed by atoms with Gasteiger partial charge < -0.3 is 20.4 Å². The average Bonchev–Trinajstić information content (AvgIpc) is 2.12. The molecular formula is C6H10O5S. The highest BCUT2D eigenvalue weighted by atomic mass is 32.1. The highest BCUT2D eigenvalue weighted by Crippen LogP contribution is 2.00. The van der Waals surface area contributed by atoms with Crippen molar-refractivity contribution in [3.63, 3.8) is 0 Å². The first kappa shape index (κ1) is 11.6. The summed E-state index contributed by atoms with van der Waals surface area (Å²) < 4.78 is 0. The van der Waals surface area contributed by atoms with Crippen molar-refractivity contribution in [2.24, 2.45) is 0 Å². The van der Waals surface area contributed by atoms with E-state index >= 15 is 0 Å². The Balaban J connectivity index is 4.17. The van der Waals surface area contributed by atoms with E-state index in [1.807, 2.05) is 0 Å². The van der Waals surface area contributed by atoms with Gasteiger partial charge in [0, 0.05) is 5.37 Å². The molecule has 5 nitrogen and oxygen atoms in total.